The Kier molecular flexibility index (Phi) is 5.66. The van der Waals surface area contributed by atoms with E-state index in [4.69, 9.17) is 15.1 Å². The zero-order chi connectivity index (χ0) is 17.5. The van der Waals surface area contributed by atoms with Gasteiger partial charge in [-0.05, 0) is 42.8 Å². The molecule has 0 aliphatic rings. The molecule has 1 atom stereocenters. The first-order valence-electron chi connectivity index (χ1n) is 7.25. The minimum absolute atomic E-state index is 0.115. The molecule has 2 aromatic rings. The highest BCUT2D eigenvalue weighted by molar-refractivity contribution is 5.97. The first-order valence-corrected chi connectivity index (χ1v) is 7.25. The second-order valence-corrected chi connectivity index (χ2v) is 5.08. The Morgan fingerprint density at radius 2 is 1.96 bits per heavy atom. The summed E-state index contributed by atoms with van der Waals surface area (Å²) in [5.74, 6) is -1.13. The van der Waals surface area contributed by atoms with Crippen LogP contribution in [0.5, 0.6) is 0 Å². The van der Waals surface area contributed by atoms with Crippen LogP contribution >= 0.6 is 0 Å². The fourth-order valence-corrected chi connectivity index (χ4v) is 1.94. The Morgan fingerprint density at radius 3 is 2.58 bits per heavy atom. The van der Waals surface area contributed by atoms with Gasteiger partial charge in [-0.1, -0.05) is 18.2 Å². The molecule has 24 heavy (non-hydrogen) atoms. The van der Waals surface area contributed by atoms with Crippen molar-refractivity contribution in [3.05, 3.63) is 65.2 Å². The third-order valence-corrected chi connectivity index (χ3v) is 3.28. The summed E-state index contributed by atoms with van der Waals surface area (Å²) in [4.78, 5) is 24.1. The van der Waals surface area contributed by atoms with E-state index in [1.54, 1.807) is 30.3 Å². The Labute approximate surface area is 139 Å². The van der Waals surface area contributed by atoms with Crippen LogP contribution in [0.25, 0.3) is 0 Å². The maximum atomic E-state index is 12.1. The molecule has 0 saturated carbocycles. The number of aliphatic hydroxyl groups excluding tert-OH is 1. The SMILES string of the molecule is C[C@@H](OC(=O)c1ccc(CO)cc1)C(=O)Nc1cccc(C#N)c1. The molecule has 0 heterocycles. The lowest BCUT2D eigenvalue weighted by atomic mass is 10.1. The third kappa shape index (κ3) is 4.41. The minimum Gasteiger partial charge on any atom is -0.449 e. The predicted molar refractivity (Wildman–Crippen MR) is 87.0 cm³/mol. The van der Waals surface area contributed by atoms with E-state index in [2.05, 4.69) is 5.32 Å². The summed E-state index contributed by atoms with van der Waals surface area (Å²) < 4.78 is 5.12. The van der Waals surface area contributed by atoms with Crippen molar-refractivity contribution in [1.29, 1.82) is 5.26 Å². The number of nitrogens with zero attached hydrogens (tertiary/aromatic N) is 1. The van der Waals surface area contributed by atoms with Crippen molar-refractivity contribution < 1.29 is 19.4 Å². The van der Waals surface area contributed by atoms with Gasteiger partial charge < -0.3 is 15.2 Å². The number of esters is 1. The number of ether oxygens (including phenoxy) is 1. The van der Waals surface area contributed by atoms with E-state index in [0.29, 0.717) is 22.4 Å². The van der Waals surface area contributed by atoms with Crippen LogP contribution in [0, 0.1) is 11.3 Å². The molecule has 0 saturated heterocycles. The average molecular weight is 324 g/mol. The molecule has 6 nitrogen and oxygen atoms in total. The van der Waals surface area contributed by atoms with Crippen LogP contribution in [-0.4, -0.2) is 23.1 Å². The second-order valence-electron chi connectivity index (χ2n) is 5.08. The molecule has 0 radical (unpaired) electrons. The Bertz CT molecular complexity index is 778. The van der Waals surface area contributed by atoms with Gasteiger partial charge >= 0.3 is 5.97 Å². The molecule has 0 spiro atoms. The van der Waals surface area contributed by atoms with Gasteiger partial charge in [0.2, 0.25) is 0 Å². The molecule has 6 heteroatoms. The number of aliphatic hydroxyl groups is 1. The number of rotatable bonds is 5. The number of hydrogen-bond acceptors (Lipinski definition) is 5. The van der Waals surface area contributed by atoms with Gasteiger partial charge in [0.25, 0.3) is 5.91 Å². The van der Waals surface area contributed by atoms with Gasteiger partial charge in [0, 0.05) is 5.69 Å². The number of nitriles is 1. The van der Waals surface area contributed by atoms with Crippen LogP contribution in [0.2, 0.25) is 0 Å². The van der Waals surface area contributed by atoms with E-state index in [0.717, 1.165) is 0 Å². The third-order valence-electron chi connectivity index (χ3n) is 3.28. The molecule has 0 aliphatic heterocycles. The molecule has 122 valence electrons. The van der Waals surface area contributed by atoms with Crippen molar-refractivity contribution >= 4 is 17.6 Å². The van der Waals surface area contributed by atoms with Crippen LogP contribution in [0.3, 0.4) is 0 Å². The predicted octanol–water partition coefficient (Wildman–Crippen LogP) is 2.23. The summed E-state index contributed by atoms with van der Waals surface area (Å²) in [6, 6.07) is 14.7. The van der Waals surface area contributed by atoms with Crippen molar-refractivity contribution in [3.63, 3.8) is 0 Å². The molecule has 2 N–H and O–H groups in total. The maximum Gasteiger partial charge on any atom is 0.338 e. The minimum atomic E-state index is -0.999. The maximum absolute atomic E-state index is 12.1. The van der Waals surface area contributed by atoms with Crippen molar-refractivity contribution in [2.45, 2.75) is 19.6 Å². The first kappa shape index (κ1) is 17.2. The topological polar surface area (TPSA) is 99.4 Å². The number of amides is 1. The molecular weight excluding hydrogens is 308 g/mol. The van der Waals surface area contributed by atoms with Crippen LogP contribution in [-0.2, 0) is 16.1 Å². The summed E-state index contributed by atoms with van der Waals surface area (Å²) in [7, 11) is 0. The summed E-state index contributed by atoms with van der Waals surface area (Å²) in [5.41, 5.74) is 1.84. The number of hydrogen-bond donors (Lipinski definition) is 2. The molecule has 2 rings (SSSR count). The second kappa shape index (κ2) is 7.90. The number of benzene rings is 2. The summed E-state index contributed by atoms with van der Waals surface area (Å²) in [5, 5.41) is 20.4. The van der Waals surface area contributed by atoms with Crippen molar-refractivity contribution in [1.82, 2.24) is 0 Å². The molecular formula is C18H16N2O4. The fourth-order valence-electron chi connectivity index (χ4n) is 1.94. The summed E-state index contributed by atoms with van der Waals surface area (Å²) in [6.07, 6.45) is -0.999. The van der Waals surface area contributed by atoms with Crippen molar-refractivity contribution in [3.8, 4) is 6.07 Å². The number of carbonyl (C=O) groups is 2. The Balaban J connectivity index is 1.97. The summed E-state index contributed by atoms with van der Waals surface area (Å²) >= 11 is 0. The zero-order valence-corrected chi connectivity index (χ0v) is 13.0. The highest BCUT2D eigenvalue weighted by Crippen LogP contribution is 2.12. The van der Waals surface area contributed by atoms with E-state index in [-0.39, 0.29) is 6.61 Å². The lowest BCUT2D eigenvalue weighted by Gasteiger charge is -2.13. The average Bonchev–Trinajstić information content (AvgIpc) is 2.61. The lowest BCUT2D eigenvalue weighted by molar-refractivity contribution is -0.123. The van der Waals surface area contributed by atoms with Crippen molar-refractivity contribution in [2.75, 3.05) is 5.32 Å². The van der Waals surface area contributed by atoms with Gasteiger partial charge in [0.05, 0.1) is 23.8 Å². The van der Waals surface area contributed by atoms with Gasteiger partial charge in [0.15, 0.2) is 6.10 Å². The highest BCUT2D eigenvalue weighted by Gasteiger charge is 2.19. The molecule has 0 bridgehead atoms. The zero-order valence-electron chi connectivity index (χ0n) is 13.0. The number of nitrogens with one attached hydrogen (secondary N) is 1. The Morgan fingerprint density at radius 1 is 1.25 bits per heavy atom. The molecule has 1 amide bonds. The first-order chi connectivity index (χ1) is 11.5. The lowest BCUT2D eigenvalue weighted by Crippen LogP contribution is -2.30. The van der Waals surface area contributed by atoms with E-state index < -0.39 is 18.0 Å². The van der Waals surface area contributed by atoms with Gasteiger partial charge in [-0.25, -0.2) is 4.79 Å². The van der Waals surface area contributed by atoms with Crippen LogP contribution in [0.4, 0.5) is 5.69 Å². The van der Waals surface area contributed by atoms with E-state index in [9.17, 15) is 9.59 Å². The number of anilines is 1. The molecule has 0 aliphatic carbocycles. The monoisotopic (exact) mass is 324 g/mol. The summed E-state index contributed by atoms with van der Waals surface area (Å²) in [6.45, 7) is 1.35. The van der Waals surface area contributed by atoms with Crippen molar-refractivity contribution in [2.24, 2.45) is 0 Å². The van der Waals surface area contributed by atoms with Crippen LogP contribution < -0.4 is 5.32 Å². The molecule has 0 fully saturated rings. The van der Waals surface area contributed by atoms with E-state index >= 15 is 0 Å². The van der Waals surface area contributed by atoms with Gasteiger partial charge in [-0.3, -0.25) is 4.79 Å². The van der Waals surface area contributed by atoms with E-state index in [1.807, 2.05) is 6.07 Å². The molecule has 2 aromatic carbocycles. The van der Waals surface area contributed by atoms with Crippen LogP contribution in [0.15, 0.2) is 48.5 Å². The van der Waals surface area contributed by atoms with E-state index in [1.165, 1.54) is 25.1 Å². The molecule has 0 aromatic heterocycles. The van der Waals surface area contributed by atoms with Gasteiger partial charge in [0.1, 0.15) is 0 Å². The van der Waals surface area contributed by atoms with Gasteiger partial charge in [-0.2, -0.15) is 5.26 Å². The standard InChI is InChI=1S/C18H16N2O4/c1-12(17(22)20-16-4-2-3-14(9-16)10-19)24-18(23)15-7-5-13(11-21)6-8-15/h2-9,12,21H,11H2,1H3,(H,20,22)/t12-/m1/s1. The van der Waals surface area contributed by atoms with Crippen LogP contribution in [0.1, 0.15) is 28.4 Å². The normalized spacial score (nSPS) is 11.2. The molecule has 0 unspecified atom stereocenters. The highest BCUT2D eigenvalue weighted by atomic mass is 16.5. The smallest absolute Gasteiger partial charge is 0.338 e. The number of carbonyl (C=O) groups excluding carboxylic acids is 2. The quantitative estimate of drug-likeness (QED) is 0.822. The Hall–Kier alpha value is -3.17. The van der Waals surface area contributed by atoms with Gasteiger partial charge in [-0.15, -0.1) is 0 Å². The fraction of sp³-hybridized carbons (Fsp3) is 0.167. The largest absolute Gasteiger partial charge is 0.449 e.